The fourth-order valence-corrected chi connectivity index (χ4v) is 1.87. The second kappa shape index (κ2) is 5.14. The van der Waals surface area contributed by atoms with Crippen molar-refractivity contribution >= 4 is 11.7 Å². The summed E-state index contributed by atoms with van der Waals surface area (Å²) < 4.78 is 7.86. The average Bonchev–Trinajstić information content (AvgIpc) is 2.83. The molecule has 84 valence electrons. The van der Waals surface area contributed by atoms with Crippen molar-refractivity contribution in [2.24, 2.45) is 0 Å². The number of rotatable bonds is 4. The summed E-state index contributed by atoms with van der Waals surface area (Å²) in [7, 11) is 0. The topological polar surface area (TPSA) is 58.9 Å². The molecule has 0 fully saturated rings. The van der Waals surface area contributed by atoms with Gasteiger partial charge in [0, 0.05) is 18.3 Å². The van der Waals surface area contributed by atoms with Crippen molar-refractivity contribution in [3.05, 3.63) is 41.5 Å². The Balaban J connectivity index is 2.03. The van der Waals surface area contributed by atoms with Gasteiger partial charge in [-0.25, -0.2) is 0 Å². The Hall–Kier alpha value is -1.33. The van der Waals surface area contributed by atoms with Crippen molar-refractivity contribution in [1.29, 1.82) is 0 Å². The van der Waals surface area contributed by atoms with Gasteiger partial charge in [-0.05, 0) is 18.1 Å². The van der Waals surface area contributed by atoms with Gasteiger partial charge in [-0.3, -0.25) is 4.98 Å². The lowest BCUT2D eigenvalue weighted by Crippen LogP contribution is -2.03. The summed E-state index contributed by atoms with van der Waals surface area (Å²) in [6.45, 7) is 2.09. The minimum atomic E-state index is -0.612. The van der Waals surface area contributed by atoms with Crippen LogP contribution in [0.2, 0.25) is 0 Å². The van der Waals surface area contributed by atoms with Crippen LogP contribution in [0.5, 0.6) is 0 Å². The molecule has 0 radical (unpaired) electrons. The molecule has 2 rings (SSSR count). The third-order valence-corrected chi connectivity index (χ3v) is 2.91. The predicted molar refractivity (Wildman–Crippen MR) is 62.2 cm³/mol. The van der Waals surface area contributed by atoms with Gasteiger partial charge in [-0.2, -0.15) is 8.75 Å². The second-order valence-corrected chi connectivity index (χ2v) is 4.12. The van der Waals surface area contributed by atoms with E-state index in [1.807, 2.05) is 18.3 Å². The molecular formula is C11H13N3OS. The number of hydrogen-bond donors (Lipinski definition) is 1. The van der Waals surface area contributed by atoms with E-state index in [2.05, 4.69) is 20.7 Å². The van der Waals surface area contributed by atoms with Gasteiger partial charge in [0.25, 0.3) is 0 Å². The van der Waals surface area contributed by atoms with E-state index < -0.39 is 6.10 Å². The van der Waals surface area contributed by atoms with Gasteiger partial charge in [-0.1, -0.05) is 13.0 Å². The molecule has 16 heavy (non-hydrogen) atoms. The molecule has 1 atom stereocenters. The summed E-state index contributed by atoms with van der Waals surface area (Å²) >= 11 is 1.10. The lowest BCUT2D eigenvalue weighted by atomic mass is 10.1. The molecule has 5 heteroatoms. The third-order valence-electron chi connectivity index (χ3n) is 2.42. The van der Waals surface area contributed by atoms with E-state index in [9.17, 15) is 5.11 Å². The number of aromatic nitrogens is 3. The number of aliphatic hydroxyl groups excluding tert-OH is 1. The minimum Gasteiger partial charge on any atom is -0.386 e. The Labute approximate surface area is 98.3 Å². The zero-order valence-corrected chi connectivity index (χ0v) is 9.81. The van der Waals surface area contributed by atoms with E-state index in [0.717, 1.165) is 23.8 Å². The third kappa shape index (κ3) is 2.62. The molecule has 0 saturated heterocycles. The van der Waals surface area contributed by atoms with Crippen LogP contribution in [0.3, 0.4) is 0 Å². The molecule has 1 N–H and O–H groups in total. The zero-order chi connectivity index (χ0) is 11.4. The molecule has 0 aromatic carbocycles. The van der Waals surface area contributed by atoms with E-state index in [0.29, 0.717) is 12.1 Å². The average molecular weight is 235 g/mol. The van der Waals surface area contributed by atoms with E-state index in [4.69, 9.17) is 0 Å². The molecule has 2 aromatic heterocycles. The van der Waals surface area contributed by atoms with E-state index in [-0.39, 0.29) is 0 Å². The highest BCUT2D eigenvalue weighted by Gasteiger charge is 2.11. The molecular weight excluding hydrogens is 222 g/mol. The number of pyridine rings is 1. The summed E-state index contributed by atoms with van der Waals surface area (Å²) in [5, 5.41) is 9.85. The Morgan fingerprint density at radius 3 is 2.81 bits per heavy atom. The molecule has 0 aliphatic carbocycles. The van der Waals surface area contributed by atoms with Crippen molar-refractivity contribution in [1.82, 2.24) is 13.7 Å². The minimum absolute atomic E-state index is 0.482. The van der Waals surface area contributed by atoms with Crippen LogP contribution in [0.1, 0.15) is 30.0 Å². The molecule has 2 aromatic rings. The molecule has 0 aliphatic heterocycles. The molecule has 0 amide bonds. The maximum Gasteiger partial charge on any atom is 0.104 e. The Kier molecular flexibility index (Phi) is 3.58. The predicted octanol–water partition coefficient (Wildman–Crippen LogP) is 1.77. The van der Waals surface area contributed by atoms with Crippen molar-refractivity contribution in [3.8, 4) is 0 Å². The Morgan fingerprint density at radius 1 is 1.38 bits per heavy atom. The lowest BCUT2D eigenvalue weighted by Gasteiger charge is -2.06. The van der Waals surface area contributed by atoms with Crippen LogP contribution in [0.25, 0.3) is 0 Å². The summed E-state index contributed by atoms with van der Waals surface area (Å²) in [6.07, 6.45) is 4.29. The van der Waals surface area contributed by atoms with Crippen LogP contribution in [0.15, 0.2) is 24.5 Å². The van der Waals surface area contributed by atoms with Crippen LogP contribution in [-0.2, 0) is 12.8 Å². The molecule has 0 bridgehead atoms. The molecule has 1 unspecified atom stereocenters. The first kappa shape index (κ1) is 11.2. The SMILES string of the molecule is CCc1ccc(CC(O)c2cnsn2)nc1. The first-order chi connectivity index (χ1) is 7.79. The largest absolute Gasteiger partial charge is 0.386 e. The van der Waals surface area contributed by atoms with E-state index in [1.54, 1.807) is 6.20 Å². The number of aliphatic hydroxyl groups is 1. The van der Waals surface area contributed by atoms with E-state index >= 15 is 0 Å². The Bertz CT molecular complexity index is 427. The van der Waals surface area contributed by atoms with Crippen LogP contribution >= 0.6 is 11.7 Å². The van der Waals surface area contributed by atoms with Crippen LogP contribution < -0.4 is 0 Å². The summed E-state index contributed by atoms with van der Waals surface area (Å²) in [5.41, 5.74) is 2.69. The van der Waals surface area contributed by atoms with Crippen molar-refractivity contribution in [3.63, 3.8) is 0 Å². The maximum absolute atomic E-state index is 9.85. The fourth-order valence-electron chi connectivity index (χ4n) is 1.41. The van der Waals surface area contributed by atoms with Gasteiger partial charge in [-0.15, -0.1) is 0 Å². The highest BCUT2D eigenvalue weighted by atomic mass is 32.1. The molecule has 0 aliphatic rings. The van der Waals surface area contributed by atoms with Gasteiger partial charge < -0.3 is 5.11 Å². The molecule has 0 saturated carbocycles. The lowest BCUT2D eigenvalue weighted by molar-refractivity contribution is 0.173. The maximum atomic E-state index is 9.85. The monoisotopic (exact) mass is 235 g/mol. The van der Waals surface area contributed by atoms with Crippen LogP contribution in [-0.4, -0.2) is 18.8 Å². The molecule has 0 spiro atoms. The first-order valence-electron chi connectivity index (χ1n) is 5.19. The molecule has 2 heterocycles. The van der Waals surface area contributed by atoms with Gasteiger partial charge in [0.2, 0.25) is 0 Å². The Morgan fingerprint density at radius 2 is 2.25 bits per heavy atom. The van der Waals surface area contributed by atoms with Crippen molar-refractivity contribution in [2.75, 3.05) is 0 Å². The van der Waals surface area contributed by atoms with E-state index in [1.165, 1.54) is 5.56 Å². The van der Waals surface area contributed by atoms with Crippen LogP contribution in [0.4, 0.5) is 0 Å². The van der Waals surface area contributed by atoms with Gasteiger partial charge in [0.1, 0.15) is 11.8 Å². The van der Waals surface area contributed by atoms with Crippen LogP contribution in [0, 0.1) is 0 Å². The normalized spacial score (nSPS) is 12.6. The first-order valence-corrected chi connectivity index (χ1v) is 5.92. The second-order valence-electron chi connectivity index (χ2n) is 3.56. The number of aryl methyl sites for hydroxylation is 1. The van der Waals surface area contributed by atoms with Crippen molar-refractivity contribution in [2.45, 2.75) is 25.9 Å². The number of nitrogens with zero attached hydrogens (tertiary/aromatic N) is 3. The smallest absolute Gasteiger partial charge is 0.104 e. The highest BCUT2D eigenvalue weighted by molar-refractivity contribution is 6.99. The van der Waals surface area contributed by atoms with Gasteiger partial charge in [0.05, 0.1) is 17.9 Å². The summed E-state index contributed by atoms with van der Waals surface area (Å²) in [4.78, 5) is 4.29. The summed E-state index contributed by atoms with van der Waals surface area (Å²) in [6, 6.07) is 3.98. The standard InChI is InChI=1S/C11H13N3OS/c1-2-8-3-4-9(12-6-8)5-11(15)10-7-13-16-14-10/h3-4,6-7,11,15H,2,5H2,1H3. The number of hydrogen-bond acceptors (Lipinski definition) is 5. The quantitative estimate of drug-likeness (QED) is 0.877. The summed E-state index contributed by atoms with van der Waals surface area (Å²) in [5.74, 6) is 0. The zero-order valence-electron chi connectivity index (χ0n) is 9.00. The highest BCUT2D eigenvalue weighted by Crippen LogP contribution is 2.15. The van der Waals surface area contributed by atoms with Gasteiger partial charge in [0.15, 0.2) is 0 Å². The van der Waals surface area contributed by atoms with Crippen molar-refractivity contribution < 1.29 is 5.11 Å². The molecule has 4 nitrogen and oxygen atoms in total. The fraction of sp³-hybridized carbons (Fsp3) is 0.364. The van der Waals surface area contributed by atoms with Gasteiger partial charge >= 0.3 is 0 Å².